The molecule has 0 bridgehead atoms. The van der Waals surface area contributed by atoms with Gasteiger partial charge in [0.05, 0.1) is 21.1 Å². The predicted molar refractivity (Wildman–Crippen MR) is 114 cm³/mol. The number of hydrogen-bond donors (Lipinski definition) is 1. The van der Waals surface area contributed by atoms with Gasteiger partial charge in [0, 0.05) is 17.8 Å². The summed E-state index contributed by atoms with van der Waals surface area (Å²) in [5.41, 5.74) is -1.75. The maximum atomic E-state index is 13.2. The van der Waals surface area contributed by atoms with E-state index in [4.69, 9.17) is 0 Å². The molecular formula is C21H16F3N3O5S. The molecule has 0 unspecified atom stereocenters. The third kappa shape index (κ3) is 5.66. The molecule has 0 fully saturated rings. The van der Waals surface area contributed by atoms with E-state index in [1.54, 1.807) is 6.07 Å². The molecule has 1 N–H and O–H groups in total. The normalized spacial score (nSPS) is 11.6. The van der Waals surface area contributed by atoms with Crippen LogP contribution in [0.1, 0.15) is 5.56 Å². The fourth-order valence-electron chi connectivity index (χ4n) is 2.90. The topological polar surface area (TPSA) is 110 Å². The van der Waals surface area contributed by atoms with Gasteiger partial charge in [-0.2, -0.15) is 13.2 Å². The molecule has 172 valence electrons. The van der Waals surface area contributed by atoms with Crippen molar-refractivity contribution in [3.05, 3.63) is 94.5 Å². The zero-order valence-electron chi connectivity index (χ0n) is 16.7. The largest absolute Gasteiger partial charge is 0.416 e. The minimum absolute atomic E-state index is 0.0234. The Morgan fingerprint density at radius 1 is 0.970 bits per heavy atom. The SMILES string of the molecule is O=C(CN(c1cccc(C(F)(F)F)c1)S(=O)(=O)c1ccccc1)Nc1cccc([N+](=O)[O-])c1. The average molecular weight is 479 g/mol. The molecular weight excluding hydrogens is 463 g/mol. The van der Waals surface area contributed by atoms with Crippen molar-refractivity contribution < 1.29 is 31.3 Å². The van der Waals surface area contributed by atoms with Crippen LogP contribution in [0.5, 0.6) is 0 Å². The lowest BCUT2D eigenvalue weighted by Gasteiger charge is -2.25. The van der Waals surface area contributed by atoms with Gasteiger partial charge in [-0.25, -0.2) is 8.42 Å². The fraction of sp³-hybridized carbons (Fsp3) is 0.0952. The monoisotopic (exact) mass is 479 g/mol. The molecule has 0 atom stereocenters. The Morgan fingerprint density at radius 2 is 1.64 bits per heavy atom. The number of carbonyl (C=O) groups excluding carboxylic acids is 1. The van der Waals surface area contributed by atoms with Crippen LogP contribution in [0.3, 0.4) is 0 Å². The zero-order chi connectivity index (χ0) is 24.2. The number of rotatable bonds is 7. The minimum atomic E-state index is -4.73. The van der Waals surface area contributed by atoms with E-state index < -0.39 is 39.1 Å². The van der Waals surface area contributed by atoms with Crippen LogP contribution in [-0.2, 0) is 21.0 Å². The van der Waals surface area contributed by atoms with E-state index in [2.05, 4.69) is 5.32 Å². The Morgan fingerprint density at radius 3 is 2.27 bits per heavy atom. The van der Waals surface area contributed by atoms with Crippen molar-refractivity contribution in [2.24, 2.45) is 0 Å². The van der Waals surface area contributed by atoms with Gasteiger partial charge in [-0.1, -0.05) is 30.3 Å². The number of nitrogens with zero attached hydrogens (tertiary/aromatic N) is 2. The van der Waals surface area contributed by atoms with E-state index in [-0.39, 0.29) is 22.0 Å². The summed E-state index contributed by atoms with van der Waals surface area (Å²) in [6, 6.07) is 15.4. The molecule has 3 aromatic carbocycles. The van der Waals surface area contributed by atoms with Crippen LogP contribution in [0.4, 0.5) is 30.2 Å². The van der Waals surface area contributed by atoms with Gasteiger partial charge >= 0.3 is 6.18 Å². The van der Waals surface area contributed by atoms with E-state index in [0.29, 0.717) is 10.4 Å². The van der Waals surface area contributed by atoms with E-state index >= 15 is 0 Å². The summed E-state index contributed by atoms with van der Waals surface area (Å²) in [7, 11) is -4.43. The van der Waals surface area contributed by atoms with Crippen LogP contribution < -0.4 is 9.62 Å². The molecule has 1 amide bonds. The number of anilines is 2. The average Bonchev–Trinajstić information content (AvgIpc) is 2.77. The van der Waals surface area contributed by atoms with Gasteiger partial charge in [0.1, 0.15) is 6.54 Å². The molecule has 0 saturated heterocycles. The van der Waals surface area contributed by atoms with E-state index in [1.807, 2.05) is 0 Å². The lowest BCUT2D eigenvalue weighted by molar-refractivity contribution is -0.384. The Labute approximate surface area is 186 Å². The van der Waals surface area contributed by atoms with Gasteiger partial charge in [-0.05, 0) is 36.4 Å². The lowest BCUT2D eigenvalue weighted by atomic mass is 10.2. The summed E-state index contributed by atoms with van der Waals surface area (Å²) in [6.07, 6.45) is -4.73. The van der Waals surface area contributed by atoms with Crippen LogP contribution in [0, 0.1) is 10.1 Å². The molecule has 0 aliphatic carbocycles. The molecule has 3 rings (SSSR count). The van der Waals surface area contributed by atoms with Crippen LogP contribution in [-0.4, -0.2) is 25.8 Å². The summed E-state index contributed by atoms with van der Waals surface area (Å²) in [4.78, 5) is 22.6. The van der Waals surface area contributed by atoms with Crippen molar-refractivity contribution in [1.82, 2.24) is 0 Å². The third-order valence-electron chi connectivity index (χ3n) is 4.42. The third-order valence-corrected chi connectivity index (χ3v) is 6.21. The number of nitro benzene ring substituents is 1. The van der Waals surface area contributed by atoms with Crippen molar-refractivity contribution in [2.45, 2.75) is 11.1 Å². The maximum absolute atomic E-state index is 13.2. The smallest absolute Gasteiger partial charge is 0.324 e. The Balaban J connectivity index is 1.98. The van der Waals surface area contributed by atoms with Crippen molar-refractivity contribution >= 4 is 33.0 Å². The predicted octanol–water partition coefficient (Wildman–Crippen LogP) is 4.45. The number of carbonyl (C=O) groups is 1. The van der Waals surface area contributed by atoms with Crippen LogP contribution >= 0.6 is 0 Å². The Bertz CT molecular complexity index is 1280. The standard InChI is InChI=1S/C21H16F3N3O5S/c22-21(23,24)15-6-4-8-17(12-15)26(33(31,32)19-10-2-1-3-11-19)14-20(28)25-16-7-5-9-18(13-16)27(29)30/h1-13H,14H2,(H,25,28). The highest BCUT2D eigenvalue weighted by atomic mass is 32.2. The highest BCUT2D eigenvalue weighted by Crippen LogP contribution is 2.33. The van der Waals surface area contributed by atoms with Gasteiger partial charge in [-0.3, -0.25) is 19.2 Å². The number of non-ortho nitro benzene ring substituents is 1. The summed E-state index contributed by atoms with van der Waals surface area (Å²) < 4.78 is 66.6. The number of nitro groups is 1. The molecule has 8 nitrogen and oxygen atoms in total. The lowest BCUT2D eigenvalue weighted by Crippen LogP contribution is -2.38. The molecule has 12 heteroatoms. The molecule has 0 saturated carbocycles. The number of nitrogens with one attached hydrogen (secondary N) is 1. The highest BCUT2D eigenvalue weighted by Gasteiger charge is 2.33. The van der Waals surface area contributed by atoms with E-state index in [9.17, 15) is 36.5 Å². The van der Waals surface area contributed by atoms with Crippen molar-refractivity contribution in [1.29, 1.82) is 0 Å². The molecule has 0 spiro atoms. The van der Waals surface area contributed by atoms with Crippen LogP contribution in [0.2, 0.25) is 0 Å². The first-order valence-electron chi connectivity index (χ1n) is 9.28. The van der Waals surface area contributed by atoms with Gasteiger partial charge in [0.2, 0.25) is 5.91 Å². The first kappa shape index (κ1) is 23.7. The molecule has 0 radical (unpaired) electrons. The zero-order valence-corrected chi connectivity index (χ0v) is 17.5. The number of benzene rings is 3. The number of hydrogen-bond acceptors (Lipinski definition) is 5. The van der Waals surface area contributed by atoms with E-state index in [0.717, 1.165) is 24.3 Å². The van der Waals surface area contributed by atoms with Gasteiger partial charge < -0.3 is 5.32 Å². The fourth-order valence-corrected chi connectivity index (χ4v) is 4.33. The van der Waals surface area contributed by atoms with Gasteiger partial charge in [0.15, 0.2) is 0 Å². The molecule has 0 aliphatic rings. The summed E-state index contributed by atoms with van der Waals surface area (Å²) in [5.74, 6) is -0.910. The van der Waals surface area contributed by atoms with Gasteiger partial charge in [0.25, 0.3) is 15.7 Å². The summed E-state index contributed by atoms with van der Waals surface area (Å²) in [6.45, 7) is -0.874. The molecule has 33 heavy (non-hydrogen) atoms. The van der Waals surface area contributed by atoms with Crippen molar-refractivity contribution in [3.63, 3.8) is 0 Å². The Hall–Kier alpha value is -3.93. The highest BCUT2D eigenvalue weighted by molar-refractivity contribution is 7.92. The second-order valence-corrected chi connectivity index (χ2v) is 8.59. The molecule has 0 aromatic heterocycles. The Kier molecular flexibility index (Phi) is 6.68. The second-order valence-electron chi connectivity index (χ2n) is 6.73. The van der Waals surface area contributed by atoms with E-state index in [1.165, 1.54) is 42.5 Å². The minimum Gasteiger partial charge on any atom is -0.324 e. The maximum Gasteiger partial charge on any atom is 0.416 e. The van der Waals surface area contributed by atoms with Gasteiger partial charge in [-0.15, -0.1) is 0 Å². The summed E-state index contributed by atoms with van der Waals surface area (Å²) in [5, 5.41) is 13.3. The number of alkyl halides is 3. The number of amides is 1. The first-order chi connectivity index (χ1) is 15.5. The number of sulfonamides is 1. The number of halogens is 3. The molecule has 0 heterocycles. The van der Waals surface area contributed by atoms with Crippen molar-refractivity contribution in [2.75, 3.05) is 16.2 Å². The van der Waals surface area contributed by atoms with Crippen molar-refractivity contribution in [3.8, 4) is 0 Å². The molecule has 3 aromatic rings. The summed E-state index contributed by atoms with van der Waals surface area (Å²) >= 11 is 0. The molecule has 0 aliphatic heterocycles. The van der Waals surface area contributed by atoms with Crippen LogP contribution in [0.15, 0.2) is 83.8 Å². The van der Waals surface area contributed by atoms with Crippen LogP contribution in [0.25, 0.3) is 0 Å². The quantitative estimate of drug-likeness (QED) is 0.398. The first-order valence-corrected chi connectivity index (χ1v) is 10.7. The second kappa shape index (κ2) is 9.28.